The Balaban J connectivity index is 1.58. The quantitative estimate of drug-likeness (QED) is 0.719. The van der Waals surface area contributed by atoms with Gasteiger partial charge in [-0.2, -0.15) is 0 Å². The summed E-state index contributed by atoms with van der Waals surface area (Å²) in [4.78, 5) is 14.6. The van der Waals surface area contributed by atoms with Crippen LogP contribution in [0.1, 0.15) is 11.1 Å². The number of carbonyl (C=O) groups excluding carboxylic acids is 1. The standard InChI is InChI=1S/C21H22ClN3O2/c1-27-11-10-24-13-16-8-9-25(14-15-4-2-7-19(24)20(15)16)21(26)23-18-6-3-5-17(22)12-18/h2-7,12-13H,8-11,14H2,1H3,(H,23,26). The zero-order chi connectivity index (χ0) is 18.8. The first kappa shape index (κ1) is 17.9. The number of carbonyl (C=O) groups is 1. The van der Waals surface area contributed by atoms with Gasteiger partial charge in [0, 0.05) is 54.6 Å². The number of nitrogens with one attached hydrogen (secondary N) is 1. The molecule has 0 saturated carbocycles. The second-order valence-electron chi connectivity index (χ2n) is 6.76. The summed E-state index contributed by atoms with van der Waals surface area (Å²) in [6.45, 7) is 2.77. The highest BCUT2D eigenvalue weighted by Crippen LogP contribution is 2.30. The molecule has 6 heteroatoms. The van der Waals surface area contributed by atoms with E-state index in [-0.39, 0.29) is 6.03 Å². The number of methoxy groups -OCH3 is 1. The highest BCUT2D eigenvalue weighted by molar-refractivity contribution is 6.30. The number of benzene rings is 2. The zero-order valence-electron chi connectivity index (χ0n) is 15.2. The molecule has 0 radical (unpaired) electrons. The summed E-state index contributed by atoms with van der Waals surface area (Å²) in [5, 5.41) is 4.83. The van der Waals surface area contributed by atoms with Gasteiger partial charge in [-0.05, 0) is 41.8 Å². The number of aromatic nitrogens is 1. The van der Waals surface area contributed by atoms with E-state index in [0.29, 0.717) is 30.4 Å². The number of urea groups is 1. The number of nitrogens with zero attached hydrogens (tertiary/aromatic N) is 2. The van der Waals surface area contributed by atoms with Crippen LogP contribution in [0.25, 0.3) is 10.9 Å². The van der Waals surface area contributed by atoms with E-state index in [2.05, 4.69) is 34.3 Å². The fourth-order valence-electron chi connectivity index (χ4n) is 3.70. The topological polar surface area (TPSA) is 46.5 Å². The van der Waals surface area contributed by atoms with Gasteiger partial charge >= 0.3 is 6.03 Å². The van der Waals surface area contributed by atoms with Gasteiger partial charge in [-0.25, -0.2) is 4.79 Å². The van der Waals surface area contributed by atoms with Crippen LogP contribution >= 0.6 is 11.6 Å². The lowest BCUT2D eigenvalue weighted by Gasteiger charge is -2.22. The highest BCUT2D eigenvalue weighted by atomic mass is 35.5. The minimum absolute atomic E-state index is 0.105. The van der Waals surface area contributed by atoms with Crippen molar-refractivity contribution in [3.05, 3.63) is 64.8 Å². The fraction of sp³-hybridized carbons (Fsp3) is 0.286. The van der Waals surface area contributed by atoms with E-state index in [1.807, 2.05) is 17.0 Å². The number of anilines is 1. The van der Waals surface area contributed by atoms with E-state index in [4.69, 9.17) is 16.3 Å². The minimum Gasteiger partial charge on any atom is -0.383 e. The SMILES string of the molecule is COCCn1cc2c3c(cccc31)CN(C(=O)Nc1cccc(Cl)c1)CC2. The fourth-order valence-corrected chi connectivity index (χ4v) is 3.89. The van der Waals surface area contributed by atoms with Crippen molar-refractivity contribution in [3.8, 4) is 0 Å². The molecule has 27 heavy (non-hydrogen) atoms. The van der Waals surface area contributed by atoms with E-state index in [0.717, 1.165) is 13.0 Å². The molecule has 2 heterocycles. The third kappa shape index (κ3) is 3.66. The summed E-state index contributed by atoms with van der Waals surface area (Å²) < 4.78 is 7.48. The number of hydrogen-bond donors (Lipinski definition) is 1. The third-order valence-corrected chi connectivity index (χ3v) is 5.22. The van der Waals surface area contributed by atoms with Crippen LogP contribution in [0.4, 0.5) is 10.5 Å². The Morgan fingerprint density at radius 3 is 2.89 bits per heavy atom. The highest BCUT2D eigenvalue weighted by Gasteiger charge is 2.22. The second kappa shape index (κ2) is 7.62. The molecule has 0 atom stereocenters. The Labute approximate surface area is 163 Å². The number of halogens is 1. The predicted molar refractivity (Wildman–Crippen MR) is 108 cm³/mol. The molecule has 1 N–H and O–H groups in total. The molecule has 2 aromatic carbocycles. The van der Waals surface area contributed by atoms with Crippen molar-refractivity contribution in [3.63, 3.8) is 0 Å². The van der Waals surface area contributed by atoms with Gasteiger partial charge in [-0.3, -0.25) is 0 Å². The van der Waals surface area contributed by atoms with Gasteiger partial charge < -0.3 is 19.5 Å². The van der Waals surface area contributed by atoms with E-state index >= 15 is 0 Å². The van der Waals surface area contributed by atoms with Crippen LogP contribution in [0.5, 0.6) is 0 Å². The summed E-state index contributed by atoms with van der Waals surface area (Å²) in [5.41, 5.74) is 4.38. The van der Waals surface area contributed by atoms with E-state index < -0.39 is 0 Å². The molecular weight excluding hydrogens is 362 g/mol. The maximum atomic E-state index is 12.8. The maximum absolute atomic E-state index is 12.8. The van der Waals surface area contributed by atoms with Gasteiger partial charge in [0.05, 0.1) is 6.61 Å². The van der Waals surface area contributed by atoms with Gasteiger partial charge in [0.15, 0.2) is 0 Å². The van der Waals surface area contributed by atoms with Crippen LogP contribution in [0.15, 0.2) is 48.7 Å². The van der Waals surface area contributed by atoms with E-state index in [1.165, 1.54) is 22.0 Å². The van der Waals surface area contributed by atoms with E-state index in [9.17, 15) is 4.79 Å². The molecule has 5 nitrogen and oxygen atoms in total. The Bertz CT molecular complexity index is 983. The van der Waals surface area contributed by atoms with Gasteiger partial charge in [0.2, 0.25) is 0 Å². The lowest BCUT2D eigenvalue weighted by atomic mass is 10.1. The van der Waals surface area contributed by atoms with Crippen LogP contribution in [-0.4, -0.2) is 35.8 Å². The largest absolute Gasteiger partial charge is 0.383 e. The van der Waals surface area contributed by atoms with Crippen LogP contribution in [0.2, 0.25) is 5.02 Å². The molecule has 1 aliphatic heterocycles. The Hall–Kier alpha value is -2.50. The van der Waals surface area contributed by atoms with Crippen LogP contribution in [0.3, 0.4) is 0 Å². The summed E-state index contributed by atoms with van der Waals surface area (Å²) in [5.74, 6) is 0. The minimum atomic E-state index is -0.105. The molecular formula is C21H22ClN3O2. The molecule has 140 valence electrons. The van der Waals surface area contributed by atoms with Crippen LogP contribution in [0, 0.1) is 0 Å². The monoisotopic (exact) mass is 383 g/mol. The summed E-state index contributed by atoms with van der Waals surface area (Å²) >= 11 is 6.02. The summed E-state index contributed by atoms with van der Waals surface area (Å²) in [6, 6.07) is 13.4. The molecule has 0 fully saturated rings. The molecule has 0 aliphatic carbocycles. The first-order valence-electron chi connectivity index (χ1n) is 9.06. The Kier molecular flexibility index (Phi) is 5.05. The molecule has 1 aliphatic rings. The maximum Gasteiger partial charge on any atom is 0.322 e. The van der Waals surface area contributed by atoms with Crippen molar-refractivity contribution in [1.29, 1.82) is 0 Å². The number of hydrogen-bond acceptors (Lipinski definition) is 2. The van der Waals surface area contributed by atoms with Crippen LogP contribution < -0.4 is 5.32 Å². The zero-order valence-corrected chi connectivity index (χ0v) is 16.0. The van der Waals surface area contributed by atoms with Crippen molar-refractivity contribution in [1.82, 2.24) is 9.47 Å². The van der Waals surface area contributed by atoms with E-state index in [1.54, 1.807) is 19.2 Å². The van der Waals surface area contributed by atoms with Crippen molar-refractivity contribution >= 4 is 34.2 Å². The summed E-state index contributed by atoms with van der Waals surface area (Å²) in [7, 11) is 1.72. The lowest BCUT2D eigenvalue weighted by Crippen LogP contribution is -2.35. The molecule has 0 bridgehead atoms. The van der Waals surface area contributed by atoms with Crippen molar-refractivity contribution in [2.24, 2.45) is 0 Å². The average Bonchev–Trinajstić information content (AvgIpc) is 2.90. The van der Waals surface area contributed by atoms with Gasteiger partial charge in [0.25, 0.3) is 0 Å². The smallest absolute Gasteiger partial charge is 0.322 e. The van der Waals surface area contributed by atoms with Crippen molar-refractivity contribution in [2.45, 2.75) is 19.5 Å². The molecule has 0 unspecified atom stereocenters. The van der Waals surface area contributed by atoms with Gasteiger partial charge in [-0.15, -0.1) is 0 Å². The predicted octanol–water partition coefficient (Wildman–Crippen LogP) is 4.53. The molecule has 0 saturated heterocycles. The number of ether oxygens (including phenoxy) is 1. The molecule has 2 amide bonds. The Morgan fingerprint density at radius 1 is 1.22 bits per heavy atom. The molecule has 1 aromatic heterocycles. The number of amides is 2. The second-order valence-corrected chi connectivity index (χ2v) is 7.20. The number of rotatable bonds is 4. The summed E-state index contributed by atoms with van der Waals surface area (Å²) in [6.07, 6.45) is 3.03. The molecule has 0 spiro atoms. The average molecular weight is 384 g/mol. The van der Waals surface area contributed by atoms with Gasteiger partial charge in [0.1, 0.15) is 0 Å². The van der Waals surface area contributed by atoms with Crippen molar-refractivity contribution < 1.29 is 9.53 Å². The molecule has 3 aromatic rings. The first-order chi connectivity index (χ1) is 13.2. The molecule has 4 rings (SSSR count). The van der Waals surface area contributed by atoms with Crippen LogP contribution in [-0.2, 0) is 24.2 Å². The van der Waals surface area contributed by atoms with Gasteiger partial charge in [-0.1, -0.05) is 29.8 Å². The lowest BCUT2D eigenvalue weighted by molar-refractivity contribution is 0.188. The first-order valence-corrected chi connectivity index (χ1v) is 9.43. The normalized spacial score (nSPS) is 13.6. The Morgan fingerprint density at radius 2 is 2.07 bits per heavy atom. The van der Waals surface area contributed by atoms with Crippen molar-refractivity contribution in [2.75, 3.05) is 25.6 Å². The third-order valence-electron chi connectivity index (χ3n) is 4.98.